The minimum Gasteiger partial charge on any atom is -0.313 e. The molecule has 21 heavy (non-hydrogen) atoms. The highest BCUT2D eigenvalue weighted by atomic mass is 32.2. The average Bonchev–Trinajstić information content (AvgIpc) is 2.46. The number of non-ortho nitro benzene ring substituents is 1. The summed E-state index contributed by atoms with van der Waals surface area (Å²) in [5.74, 6) is 0. The third-order valence-electron chi connectivity index (χ3n) is 3.32. The van der Waals surface area contributed by atoms with Crippen LogP contribution in [0.15, 0.2) is 34.7 Å². The quantitative estimate of drug-likeness (QED) is 0.482. The van der Waals surface area contributed by atoms with Gasteiger partial charge < -0.3 is 5.32 Å². The molecule has 0 atom stereocenters. The van der Waals surface area contributed by atoms with E-state index in [9.17, 15) is 18.5 Å². The Morgan fingerprint density at radius 2 is 2.19 bits per heavy atom. The lowest BCUT2D eigenvalue weighted by atomic mass is 10.1. The maximum Gasteiger partial charge on any atom is 0.270 e. The third kappa shape index (κ3) is 3.87. The van der Waals surface area contributed by atoms with Gasteiger partial charge in [0.15, 0.2) is 0 Å². The number of hydrogen-bond donors (Lipinski definition) is 2. The van der Waals surface area contributed by atoms with E-state index in [4.69, 9.17) is 0 Å². The monoisotopic (exact) mass is 311 g/mol. The fourth-order valence-corrected chi connectivity index (χ4v) is 3.39. The summed E-state index contributed by atoms with van der Waals surface area (Å²) in [6.07, 6.45) is 2.74. The fraction of sp³-hybridized carbons (Fsp3) is 0.385. The molecule has 0 fully saturated rings. The van der Waals surface area contributed by atoms with Crippen molar-refractivity contribution in [2.45, 2.75) is 18.2 Å². The minimum absolute atomic E-state index is 0.0498. The second kappa shape index (κ2) is 6.33. The molecule has 1 aliphatic heterocycles. The number of nitro groups is 1. The van der Waals surface area contributed by atoms with E-state index in [1.54, 1.807) is 6.92 Å². The number of aryl methyl sites for hydroxylation is 1. The molecule has 114 valence electrons. The Morgan fingerprint density at radius 3 is 2.81 bits per heavy atom. The molecule has 2 N–H and O–H groups in total. The van der Waals surface area contributed by atoms with E-state index in [0.29, 0.717) is 5.56 Å². The lowest BCUT2D eigenvalue weighted by Gasteiger charge is -2.15. The predicted molar refractivity (Wildman–Crippen MR) is 78.6 cm³/mol. The van der Waals surface area contributed by atoms with Crippen LogP contribution < -0.4 is 10.0 Å². The molecule has 2 rings (SSSR count). The average molecular weight is 311 g/mol. The van der Waals surface area contributed by atoms with Crippen LogP contribution in [0.5, 0.6) is 0 Å². The lowest BCUT2D eigenvalue weighted by molar-refractivity contribution is -0.385. The summed E-state index contributed by atoms with van der Waals surface area (Å²) < 4.78 is 27.1. The summed E-state index contributed by atoms with van der Waals surface area (Å²) in [6.45, 7) is 3.39. The standard InChI is InChI=1S/C13H17N3O4S/c1-10-2-3-12(16(17)18)8-13(10)21(19,20)15-9-11-4-6-14-7-5-11/h2-4,8,14-15H,5-7,9H2,1H3. The molecule has 1 aromatic rings. The number of sulfonamides is 1. The molecule has 1 aromatic carbocycles. The summed E-state index contributed by atoms with van der Waals surface area (Å²) in [7, 11) is -3.76. The van der Waals surface area contributed by atoms with Crippen LogP contribution in [-0.4, -0.2) is 33.0 Å². The molecule has 1 aliphatic rings. The first-order valence-electron chi connectivity index (χ1n) is 6.53. The van der Waals surface area contributed by atoms with Crippen LogP contribution in [0, 0.1) is 17.0 Å². The van der Waals surface area contributed by atoms with E-state index < -0.39 is 14.9 Å². The number of nitro benzene ring substituents is 1. The largest absolute Gasteiger partial charge is 0.313 e. The minimum atomic E-state index is -3.76. The van der Waals surface area contributed by atoms with Crippen LogP contribution in [0.2, 0.25) is 0 Å². The summed E-state index contributed by atoms with van der Waals surface area (Å²) in [5, 5.41) is 13.9. The molecule has 0 bridgehead atoms. The van der Waals surface area contributed by atoms with Gasteiger partial charge in [0.05, 0.1) is 9.82 Å². The molecule has 0 radical (unpaired) electrons. The number of nitrogens with one attached hydrogen (secondary N) is 2. The number of hydrogen-bond acceptors (Lipinski definition) is 5. The highest BCUT2D eigenvalue weighted by molar-refractivity contribution is 7.89. The van der Waals surface area contributed by atoms with Crippen LogP contribution in [0.25, 0.3) is 0 Å². The van der Waals surface area contributed by atoms with Crippen molar-refractivity contribution in [1.82, 2.24) is 10.0 Å². The predicted octanol–water partition coefficient (Wildman–Crippen LogP) is 1.10. The second-order valence-electron chi connectivity index (χ2n) is 4.85. The van der Waals surface area contributed by atoms with Gasteiger partial charge in [0.1, 0.15) is 0 Å². The molecule has 0 unspecified atom stereocenters. The van der Waals surface area contributed by atoms with Crippen molar-refractivity contribution < 1.29 is 13.3 Å². The van der Waals surface area contributed by atoms with Gasteiger partial charge in [0.25, 0.3) is 5.69 Å². The first-order valence-corrected chi connectivity index (χ1v) is 8.02. The lowest BCUT2D eigenvalue weighted by Crippen LogP contribution is -2.30. The fourth-order valence-electron chi connectivity index (χ4n) is 2.09. The van der Waals surface area contributed by atoms with E-state index in [2.05, 4.69) is 10.0 Å². The van der Waals surface area contributed by atoms with Gasteiger partial charge in [0, 0.05) is 25.2 Å². The Bertz CT molecular complexity index is 683. The van der Waals surface area contributed by atoms with Crippen molar-refractivity contribution in [2.75, 3.05) is 19.6 Å². The van der Waals surface area contributed by atoms with Gasteiger partial charge in [-0.05, 0) is 25.5 Å². The molecule has 0 aromatic heterocycles. The van der Waals surface area contributed by atoms with Gasteiger partial charge in [-0.2, -0.15) is 0 Å². The molecule has 0 amide bonds. The Hall–Kier alpha value is -1.77. The van der Waals surface area contributed by atoms with Crippen LogP contribution in [-0.2, 0) is 10.0 Å². The Morgan fingerprint density at radius 1 is 1.43 bits per heavy atom. The van der Waals surface area contributed by atoms with E-state index in [1.807, 2.05) is 6.08 Å². The zero-order chi connectivity index (χ0) is 15.5. The highest BCUT2D eigenvalue weighted by Gasteiger charge is 2.20. The Balaban J connectivity index is 2.20. The topological polar surface area (TPSA) is 101 Å². The molecule has 1 heterocycles. The second-order valence-corrected chi connectivity index (χ2v) is 6.58. The van der Waals surface area contributed by atoms with Gasteiger partial charge >= 0.3 is 0 Å². The van der Waals surface area contributed by atoms with Crippen molar-refractivity contribution >= 4 is 15.7 Å². The molecule has 0 saturated carbocycles. The maximum absolute atomic E-state index is 12.3. The summed E-state index contributed by atoms with van der Waals surface area (Å²) in [6, 6.07) is 3.83. The van der Waals surface area contributed by atoms with E-state index in [0.717, 1.165) is 31.1 Å². The Kier molecular flexibility index (Phi) is 4.71. The van der Waals surface area contributed by atoms with Crippen molar-refractivity contribution in [3.8, 4) is 0 Å². The molecular weight excluding hydrogens is 294 g/mol. The van der Waals surface area contributed by atoms with Crippen LogP contribution in [0.3, 0.4) is 0 Å². The SMILES string of the molecule is Cc1ccc([N+](=O)[O-])cc1S(=O)(=O)NCC1=CCNCC1. The van der Waals surface area contributed by atoms with Gasteiger partial charge in [-0.3, -0.25) is 10.1 Å². The van der Waals surface area contributed by atoms with Gasteiger partial charge in [-0.15, -0.1) is 0 Å². The zero-order valence-electron chi connectivity index (χ0n) is 11.6. The number of nitrogens with zero attached hydrogens (tertiary/aromatic N) is 1. The first kappa shape index (κ1) is 15.6. The molecule has 0 saturated heterocycles. The normalized spacial score (nSPS) is 15.6. The zero-order valence-corrected chi connectivity index (χ0v) is 12.4. The molecule has 0 spiro atoms. The summed E-state index contributed by atoms with van der Waals surface area (Å²) in [4.78, 5) is 10.1. The molecule has 8 heteroatoms. The maximum atomic E-state index is 12.3. The van der Waals surface area contributed by atoms with Crippen LogP contribution in [0.1, 0.15) is 12.0 Å². The van der Waals surface area contributed by atoms with Crippen molar-refractivity contribution in [3.05, 3.63) is 45.5 Å². The van der Waals surface area contributed by atoms with Crippen LogP contribution in [0.4, 0.5) is 5.69 Å². The number of benzene rings is 1. The molecule has 7 nitrogen and oxygen atoms in total. The summed E-state index contributed by atoms with van der Waals surface area (Å²) in [5.41, 5.74) is 1.26. The third-order valence-corrected chi connectivity index (χ3v) is 4.86. The van der Waals surface area contributed by atoms with Crippen molar-refractivity contribution in [2.24, 2.45) is 0 Å². The van der Waals surface area contributed by atoms with Crippen molar-refractivity contribution in [3.63, 3.8) is 0 Å². The first-order chi connectivity index (χ1) is 9.90. The van der Waals surface area contributed by atoms with Crippen LogP contribution >= 0.6 is 0 Å². The summed E-state index contributed by atoms with van der Waals surface area (Å²) >= 11 is 0. The van der Waals surface area contributed by atoms with Gasteiger partial charge in [-0.1, -0.05) is 17.7 Å². The van der Waals surface area contributed by atoms with E-state index in [1.165, 1.54) is 12.1 Å². The molecular formula is C13H17N3O4S. The highest BCUT2D eigenvalue weighted by Crippen LogP contribution is 2.21. The van der Waals surface area contributed by atoms with E-state index in [-0.39, 0.29) is 17.1 Å². The smallest absolute Gasteiger partial charge is 0.270 e. The molecule has 0 aliphatic carbocycles. The van der Waals surface area contributed by atoms with Crippen molar-refractivity contribution in [1.29, 1.82) is 0 Å². The van der Waals surface area contributed by atoms with Gasteiger partial charge in [-0.25, -0.2) is 13.1 Å². The number of rotatable bonds is 5. The van der Waals surface area contributed by atoms with Gasteiger partial charge in [0.2, 0.25) is 10.0 Å². The van der Waals surface area contributed by atoms with E-state index >= 15 is 0 Å². The Labute approximate surface area is 123 Å².